The maximum atomic E-state index is 13.0. The van der Waals surface area contributed by atoms with Crippen LogP contribution in [0.5, 0.6) is 0 Å². The van der Waals surface area contributed by atoms with Crippen LogP contribution in [0.15, 0.2) is 0 Å². The Bertz CT molecular complexity index is 581. The lowest BCUT2D eigenvalue weighted by Crippen LogP contribution is -2.59. The van der Waals surface area contributed by atoms with Crippen LogP contribution >= 0.6 is 0 Å². The zero-order valence-corrected chi connectivity index (χ0v) is 18.2. The molecule has 0 N–H and O–H groups in total. The lowest BCUT2D eigenvalue weighted by molar-refractivity contribution is -0.236. The normalized spacial score (nSPS) is 38.6. The first kappa shape index (κ1) is 20.2. The topological polar surface area (TPSA) is 72.5 Å². The highest BCUT2D eigenvalue weighted by atomic mass is 28.4. The highest BCUT2D eigenvalue weighted by Gasteiger charge is 2.63. The van der Waals surface area contributed by atoms with Gasteiger partial charge in [0.25, 0.3) is 8.32 Å². The summed E-state index contributed by atoms with van der Waals surface area (Å²) < 4.78 is 35.7. The molecule has 0 aromatic heterocycles. The summed E-state index contributed by atoms with van der Waals surface area (Å²) in [4.78, 5) is 13.0. The van der Waals surface area contributed by atoms with Crippen molar-refractivity contribution in [2.75, 3.05) is 0 Å². The molecule has 7 nitrogen and oxygen atoms in total. The van der Waals surface area contributed by atoms with Crippen molar-refractivity contribution < 1.29 is 32.9 Å². The molecule has 0 aromatic rings. The van der Waals surface area contributed by atoms with Gasteiger partial charge in [-0.2, -0.15) is 0 Å². The van der Waals surface area contributed by atoms with E-state index in [-0.39, 0.29) is 5.04 Å². The molecule has 0 aromatic carbocycles. The number of fused-ring (bicyclic) bond motifs is 3. The van der Waals surface area contributed by atoms with Crippen LogP contribution in [-0.4, -0.2) is 56.6 Å². The minimum absolute atomic E-state index is 0.0967. The number of hydrogen-bond acceptors (Lipinski definition) is 7. The van der Waals surface area contributed by atoms with E-state index in [4.69, 9.17) is 28.1 Å². The SMILES string of the molecule is CC1(C)OC2OC(C(=O)O[Si](C)(C)C(C)(C)C)C3OC(C)(C)OC3C2O1. The number of ether oxygens (including phenoxy) is 5. The molecule has 3 fully saturated rings. The van der Waals surface area contributed by atoms with Gasteiger partial charge in [-0.3, -0.25) is 4.79 Å². The summed E-state index contributed by atoms with van der Waals surface area (Å²) in [6.07, 6.45) is -3.10. The molecule has 3 rings (SSSR count). The van der Waals surface area contributed by atoms with Crippen molar-refractivity contribution in [1.29, 1.82) is 0 Å². The van der Waals surface area contributed by atoms with Crippen molar-refractivity contribution in [3.05, 3.63) is 0 Å². The van der Waals surface area contributed by atoms with Gasteiger partial charge in [0.1, 0.15) is 18.3 Å². The van der Waals surface area contributed by atoms with Crippen molar-refractivity contribution in [3.63, 3.8) is 0 Å². The zero-order valence-electron chi connectivity index (χ0n) is 17.2. The van der Waals surface area contributed by atoms with Crippen LogP contribution in [0.25, 0.3) is 0 Å². The van der Waals surface area contributed by atoms with E-state index in [0.717, 1.165) is 0 Å². The Morgan fingerprint density at radius 3 is 1.96 bits per heavy atom. The van der Waals surface area contributed by atoms with Crippen LogP contribution in [0, 0.1) is 0 Å². The van der Waals surface area contributed by atoms with Crippen LogP contribution in [0.3, 0.4) is 0 Å². The Kier molecular flexibility index (Phi) is 4.66. The third kappa shape index (κ3) is 3.59. The molecule has 5 atom stereocenters. The molecule has 0 amide bonds. The number of hydrogen-bond donors (Lipinski definition) is 0. The van der Waals surface area contributed by atoms with Crippen LogP contribution < -0.4 is 0 Å². The lowest BCUT2D eigenvalue weighted by Gasteiger charge is -2.40. The van der Waals surface area contributed by atoms with E-state index >= 15 is 0 Å². The molecule has 3 saturated heterocycles. The van der Waals surface area contributed by atoms with Gasteiger partial charge in [0.05, 0.1) is 0 Å². The quantitative estimate of drug-likeness (QED) is 0.674. The van der Waals surface area contributed by atoms with Crippen LogP contribution in [0.4, 0.5) is 0 Å². The Balaban J connectivity index is 1.84. The Labute approximate surface area is 156 Å². The van der Waals surface area contributed by atoms with E-state index in [2.05, 4.69) is 20.8 Å². The van der Waals surface area contributed by atoms with Gasteiger partial charge >= 0.3 is 5.97 Å². The predicted octanol–water partition coefficient (Wildman–Crippen LogP) is 2.93. The molecule has 0 saturated carbocycles. The maximum Gasteiger partial charge on any atom is 0.324 e. The van der Waals surface area contributed by atoms with Crippen LogP contribution in [-0.2, 0) is 32.9 Å². The summed E-state index contributed by atoms with van der Waals surface area (Å²) in [7, 11) is -2.29. The second kappa shape index (κ2) is 5.99. The second-order valence-corrected chi connectivity index (χ2v) is 14.5. The molecule has 26 heavy (non-hydrogen) atoms. The molecule has 0 bridgehead atoms. The maximum absolute atomic E-state index is 13.0. The number of rotatable bonds is 2. The zero-order chi connectivity index (χ0) is 19.7. The second-order valence-electron chi connectivity index (χ2n) is 9.77. The summed E-state index contributed by atoms with van der Waals surface area (Å²) in [6.45, 7) is 17.6. The summed E-state index contributed by atoms with van der Waals surface area (Å²) in [6, 6.07) is 0. The van der Waals surface area contributed by atoms with E-state index in [1.54, 1.807) is 0 Å². The Morgan fingerprint density at radius 1 is 0.885 bits per heavy atom. The fourth-order valence-electron chi connectivity index (χ4n) is 3.26. The molecule has 8 heteroatoms. The number of carbonyl (C=O) groups is 1. The fourth-order valence-corrected chi connectivity index (χ4v) is 4.19. The van der Waals surface area contributed by atoms with Gasteiger partial charge in [-0.25, -0.2) is 0 Å². The first-order chi connectivity index (χ1) is 11.6. The molecule has 0 aliphatic carbocycles. The van der Waals surface area contributed by atoms with Gasteiger partial charge in [-0.05, 0) is 45.8 Å². The minimum atomic E-state index is -2.29. The third-order valence-electron chi connectivity index (χ3n) is 5.55. The highest BCUT2D eigenvalue weighted by molar-refractivity contribution is 6.75. The predicted molar refractivity (Wildman–Crippen MR) is 95.8 cm³/mol. The first-order valence-electron chi connectivity index (χ1n) is 9.22. The molecule has 0 radical (unpaired) electrons. The Hall–Kier alpha value is -0.513. The highest BCUT2D eigenvalue weighted by Crippen LogP contribution is 2.45. The van der Waals surface area contributed by atoms with Gasteiger partial charge in [0, 0.05) is 0 Å². The van der Waals surface area contributed by atoms with Gasteiger partial charge in [0.2, 0.25) is 0 Å². The summed E-state index contributed by atoms with van der Waals surface area (Å²) in [5, 5.41) is -0.0967. The van der Waals surface area contributed by atoms with Gasteiger partial charge in [-0.1, -0.05) is 20.8 Å². The standard InChI is InChI=1S/C18H32O7Si/c1-16(2,3)26(8,9)25-14(19)12-10-11(22-17(4,5)21-10)13-15(20-12)24-18(6,7)23-13/h10-13,15H,1-9H3. The fraction of sp³-hybridized carbons (Fsp3) is 0.944. The Morgan fingerprint density at radius 2 is 1.38 bits per heavy atom. The van der Waals surface area contributed by atoms with E-state index in [1.165, 1.54) is 0 Å². The van der Waals surface area contributed by atoms with E-state index < -0.39 is 56.6 Å². The van der Waals surface area contributed by atoms with Gasteiger partial charge < -0.3 is 28.1 Å². The molecule has 150 valence electrons. The van der Waals surface area contributed by atoms with Crippen molar-refractivity contribution >= 4 is 14.3 Å². The molecule has 3 aliphatic heterocycles. The van der Waals surface area contributed by atoms with Crippen molar-refractivity contribution in [2.24, 2.45) is 0 Å². The molecular weight excluding hydrogens is 356 g/mol. The molecule has 3 aliphatic rings. The molecular formula is C18H32O7Si. The third-order valence-corrected chi connectivity index (χ3v) is 9.87. The van der Waals surface area contributed by atoms with E-state index in [1.807, 2.05) is 40.8 Å². The average Bonchev–Trinajstić information content (AvgIpc) is 2.89. The summed E-state index contributed by atoms with van der Waals surface area (Å²) in [5.41, 5.74) is 0. The van der Waals surface area contributed by atoms with Gasteiger partial charge in [-0.15, -0.1) is 0 Å². The van der Waals surface area contributed by atoms with E-state index in [0.29, 0.717) is 0 Å². The monoisotopic (exact) mass is 388 g/mol. The molecule has 5 unspecified atom stereocenters. The van der Waals surface area contributed by atoms with Crippen LogP contribution in [0.2, 0.25) is 18.1 Å². The van der Waals surface area contributed by atoms with Crippen molar-refractivity contribution in [2.45, 2.75) is 109 Å². The largest absolute Gasteiger partial charge is 0.517 e. The van der Waals surface area contributed by atoms with Crippen molar-refractivity contribution in [3.8, 4) is 0 Å². The summed E-state index contributed by atoms with van der Waals surface area (Å²) >= 11 is 0. The number of carbonyl (C=O) groups excluding carboxylic acids is 1. The lowest BCUT2D eigenvalue weighted by atomic mass is 9.99. The minimum Gasteiger partial charge on any atom is -0.517 e. The smallest absolute Gasteiger partial charge is 0.324 e. The molecule has 3 heterocycles. The molecule has 0 spiro atoms. The van der Waals surface area contributed by atoms with E-state index in [9.17, 15) is 4.79 Å². The van der Waals surface area contributed by atoms with Crippen LogP contribution in [0.1, 0.15) is 48.5 Å². The van der Waals surface area contributed by atoms with Gasteiger partial charge in [0.15, 0.2) is 24.0 Å². The first-order valence-corrected chi connectivity index (χ1v) is 12.1. The van der Waals surface area contributed by atoms with Crippen molar-refractivity contribution in [1.82, 2.24) is 0 Å². The average molecular weight is 389 g/mol. The summed E-state index contributed by atoms with van der Waals surface area (Å²) in [5.74, 6) is -2.06.